The number of nitrogens with zero attached hydrogens (tertiary/aromatic N) is 3. The van der Waals surface area contributed by atoms with Gasteiger partial charge in [0.25, 0.3) is 5.91 Å². The summed E-state index contributed by atoms with van der Waals surface area (Å²) in [5.41, 5.74) is 0.925. The normalized spacial score (nSPS) is 23.1. The molecule has 0 radical (unpaired) electrons. The van der Waals surface area contributed by atoms with Crippen LogP contribution in [0, 0.1) is 11.8 Å². The number of benzene rings is 1. The summed E-state index contributed by atoms with van der Waals surface area (Å²) in [6.45, 7) is 7.78. The number of carbonyl (C=O) groups is 3. The lowest BCUT2D eigenvalue weighted by Crippen LogP contribution is -2.48. The number of carbonyl (C=O) groups excluding carboxylic acids is 3. The van der Waals surface area contributed by atoms with Gasteiger partial charge in [-0.15, -0.1) is 0 Å². The van der Waals surface area contributed by atoms with Crippen LogP contribution in [0.3, 0.4) is 0 Å². The van der Waals surface area contributed by atoms with E-state index in [0.29, 0.717) is 43.1 Å². The average Bonchev–Trinajstić information content (AvgIpc) is 3.02. The Morgan fingerprint density at radius 1 is 1.07 bits per heavy atom. The van der Waals surface area contributed by atoms with Crippen molar-refractivity contribution in [3.63, 3.8) is 0 Å². The van der Waals surface area contributed by atoms with E-state index in [2.05, 4.69) is 10.2 Å². The van der Waals surface area contributed by atoms with Crippen molar-refractivity contribution in [2.24, 2.45) is 11.8 Å². The summed E-state index contributed by atoms with van der Waals surface area (Å²) in [5.74, 6) is 0.127. The van der Waals surface area contributed by atoms with Crippen molar-refractivity contribution in [1.82, 2.24) is 14.7 Å². The van der Waals surface area contributed by atoms with Crippen molar-refractivity contribution in [1.29, 1.82) is 0 Å². The van der Waals surface area contributed by atoms with E-state index in [9.17, 15) is 19.5 Å². The molecule has 1 fully saturated rings. The Balaban J connectivity index is 1.87. The molecule has 1 aromatic carbocycles. The number of ether oxygens (including phenoxy) is 2. The zero-order valence-electron chi connectivity index (χ0n) is 28.6. The van der Waals surface area contributed by atoms with E-state index in [1.165, 1.54) is 6.42 Å². The van der Waals surface area contributed by atoms with Crippen molar-refractivity contribution in [3.8, 4) is 5.75 Å². The van der Waals surface area contributed by atoms with E-state index in [1.54, 1.807) is 28.0 Å². The maximum atomic E-state index is 14.3. The number of amides is 3. The molecule has 254 valence electrons. The first kappa shape index (κ1) is 36.8. The molecule has 0 bridgehead atoms. The van der Waals surface area contributed by atoms with Crippen molar-refractivity contribution < 1.29 is 29.0 Å². The molecule has 10 nitrogen and oxygen atoms in total. The Kier molecular flexibility index (Phi) is 15.1. The third kappa shape index (κ3) is 11.6. The Morgan fingerprint density at radius 2 is 1.78 bits per heavy atom. The Hall–Kier alpha value is -2.69. The molecule has 0 saturated heterocycles. The lowest BCUT2D eigenvalue weighted by Gasteiger charge is -2.36. The van der Waals surface area contributed by atoms with Gasteiger partial charge in [0.05, 0.1) is 30.4 Å². The van der Waals surface area contributed by atoms with Gasteiger partial charge in [-0.25, -0.2) is 0 Å². The summed E-state index contributed by atoms with van der Waals surface area (Å²) in [5, 5.41) is 13.3. The Morgan fingerprint density at radius 3 is 2.47 bits per heavy atom. The molecule has 1 aromatic rings. The molecular formula is C35H58N4O6. The van der Waals surface area contributed by atoms with Gasteiger partial charge in [-0.1, -0.05) is 26.2 Å². The van der Waals surface area contributed by atoms with E-state index in [0.717, 1.165) is 57.9 Å². The van der Waals surface area contributed by atoms with Gasteiger partial charge in [-0.2, -0.15) is 0 Å². The fourth-order valence-corrected chi connectivity index (χ4v) is 6.18. The lowest BCUT2D eigenvalue weighted by atomic mass is 9.88. The van der Waals surface area contributed by atoms with Crippen LogP contribution in [0.2, 0.25) is 0 Å². The van der Waals surface area contributed by atoms with Crippen LogP contribution >= 0.6 is 0 Å². The predicted molar refractivity (Wildman–Crippen MR) is 178 cm³/mol. The summed E-state index contributed by atoms with van der Waals surface area (Å²) in [7, 11) is 5.81. The number of aliphatic hydroxyl groups excluding tert-OH is 1. The SMILES string of the molecule is C[C@@H]1CN([C@H](C)CO)C(=O)c2cc(NC(=O)C3CCCCC3)ccc2O[C@@H](C)CCCCO[C@@H]1CN(C)C(=O)CCCN(C)C. The third-order valence-corrected chi connectivity index (χ3v) is 9.17. The Bertz CT molecular complexity index is 1090. The van der Waals surface area contributed by atoms with Gasteiger partial charge in [0.2, 0.25) is 11.8 Å². The minimum absolute atomic E-state index is 0.00754. The van der Waals surface area contributed by atoms with Crippen LogP contribution in [0.25, 0.3) is 0 Å². The van der Waals surface area contributed by atoms with E-state index in [4.69, 9.17) is 9.47 Å². The van der Waals surface area contributed by atoms with Crippen molar-refractivity contribution >= 4 is 23.4 Å². The maximum absolute atomic E-state index is 14.3. The molecule has 3 rings (SSSR count). The minimum atomic E-state index is -0.468. The molecule has 0 spiro atoms. The van der Waals surface area contributed by atoms with Gasteiger partial charge >= 0.3 is 0 Å². The number of aliphatic hydroxyl groups is 1. The standard InChI is InChI=1S/C35H58N4O6/c1-25-22-39(26(2)24-40)35(43)30-21-29(36-34(42)28-14-8-7-9-15-28)17-18-31(30)45-27(3)13-10-11-20-44-32(25)23-38(6)33(41)16-12-19-37(4)5/h17-18,21,25-28,32,40H,7-16,19-20,22-24H2,1-6H3,(H,36,42)/t25-,26-,27+,32-/m1/s1. The van der Waals surface area contributed by atoms with E-state index < -0.39 is 6.04 Å². The molecule has 45 heavy (non-hydrogen) atoms. The van der Waals surface area contributed by atoms with Gasteiger partial charge < -0.3 is 34.6 Å². The van der Waals surface area contributed by atoms with Gasteiger partial charge in [0.15, 0.2) is 0 Å². The monoisotopic (exact) mass is 630 g/mol. The summed E-state index contributed by atoms with van der Waals surface area (Å²) < 4.78 is 12.7. The highest BCUT2D eigenvalue weighted by Crippen LogP contribution is 2.30. The largest absolute Gasteiger partial charge is 0.490 e. The number of likely N-dealkylation sites (N-methyl/N-ethyl adjacent to an activating group) is 1. The molecule has 0 aromatic heterocycles. The second-order valence-corrected chi connectivity index (χ2v) is 13.5. The number of hydrogen-bond donors (Lipinski definition) is 2. The quantitative estimate of drug-likeness (QED) is 0.382. The highest BCUT2D eigenvalue weighted by Gasteiger charge is 2.31. The second-order valence-electron chi connectivity index (χ2n) is 13.5. The van der Waals surface area contributed by atoms with Crippen molar-refractivity contribution in [3.05, 3.63) is 23.8 Å². The van der Waals surface area contributed by atoms with Crippen LogP contribution in [0.4, 0.5) is 5.69 Å². The summed E-state index contributed by atoms with van der Waals surface area (Å²) in [6, 6.07) is 4.83. The van der Waals surface area contributed by atoms with Crippen LogP contribution in [-0.2, 0) is 14.3 Å². The minimum Gasteiger partial charge on any atom is -0.490 e. The van der Waals surface area contributed by atoms with Crippen LogP contribution in [0.1, 0.15) is 95.3 Å². The summed E-state index contributed by atoms with van der Waals surface area (Å²) in [6.07, 6.45) is 8.43. The first-order valence-electron chi connectivity index (χ1n) is 17.0. The summed E-state index contributed by atoms with van der Waals surface area (Å²) >= 11 is 0. The molecule has 1 saturated carbocycles. The molecular weight excluding hydrogens is 572 g/mol. The number of rotatable bonds is 10. The van der Waals surface area contributed by atoms with Crippen molar-refractivity contribution in [2.45, 2.75) is 103 Å². The first-order valence-corrected chi connectivity index (χ1v) is 17.0. The number of hydrogen-bond acceptors (Lipinski definition) is 7. The van der Waals surface area contributed by atoms with Gasteiger partial charge in [0.1, 0.15) is 5.75 Å². The second kappa shape index (κ2) is 18.5. The fourth-order valence-electron chi connectivity index (χ4n) is 6.18. The Labute approximate surface area is 270 Å². The van der Waals surface area contributed by atoms with Gasteiger partial charge in [0, 0.05) is 50.7 Å². The van der Waals surface area contributed by atoms with Crippen LogP contribution in [-0.4, -0.2) is 110 Å². The highest BCUT2D eigenvalue weighted by atomic mass is 16.5. The van der Waals surface area contributed by atoms with Crippen molar-refractivity contribution in [2.75, 3.05) is 59.3 Å². The topological polar surface area (TPSA) is 112 Å². The number of nitrogens with one attached hydrogen (secondary N) is 1. The molecule has 3 amide bonds. The first-order chi connectivity index (χ1) is 21.5. The zero-order chi connectivity index (χ0) is 32.9. The number of anilines is 1. The molecule has 1 aliphatic carbocycles. The molecule has 2 N–H and O–H groups in total. The molecule has 0 unspecified atom stereocenters. The van der Waals surface area contributed by atoms with Crippen LogP contribution < -0.4 is 10.1 Å². The number of fused-ring (bicyclic) bond motifs is 1. The molecule has 10 heteroatoms. The van der Waals surface area contributed by atoms with Crippen LogP contribution in [0.15, 0.2) is 18.2 Å². The lowest BCUT2D eigenvalue weighted by molar-refractivity contribution is -0.132. The molecule has 1 aliphatic heterocycles. The predicted octanol–water partition coefficient (Wildman–Crippen LogP) is 4.80. The van der Waals surface area contributed by atoms with Gasteiger partial charge in [-0.3, -0.25) is 14.4 Å². The molecule has 2 aliphatic rings. The molecule has 4 atom stereocenters. The fraction of sp³-hybridized carbons (Fsp3) is 0.743. The van der Waals surface area contributed by atoms with Gasteiger partial charge in [-0.05, 0) is 91.2 Å². The van der Waals surface area contributed by atoms with E-state index in [1.807, 2.05) is 41.9 Å². The smallest absolute Gasteiger partial charge is 0.258 e. The molecule has 1 heterocycles. The van der Waals surface area contributed by atoms with E-state index in [-0.39, 0.29) is 48.4 Å². The maximum Gasteiger partial charge on any atom is 0.258 e. The highest BCUT2D eigenvalue weighted by molar-refractivity contribution is 6.00. The van der Waals surface area contributed by atoms with Crippen LogP contribution in [0.5, 0.6) is 5.75 Å². The summed E-state index contributed by atoms with van der Waals surface area (Å²) in [4.78, 5) is 45.8. The van der Waals surface area contributed by atoms with E-state index >= 15 is 0 Å². The zero-order valence-corrected chi connectivity index (χ0v) is 28.6. The average molecular weight is 631 g/mol. The third-order valence-electron chi connectivity index (χ3n) is 9.17.